The van der Waals surface area contributed by atoms with Crippen LogP contribution in [0.2, 0.25) is 0 Å². The Hall–Kier alpha value is -3.87. The fraction of sp³-hybridized carbons (Fsp3) is 0.208. The summed E-state index contributed by atoms with van der Waals surface area (Å²) in [6.45, 7) is 4.66. The van der Waals surface area contributed by atoms with Gasteiger partial charge in [-0.25, -0.2) is 0 Å². The highest BCUT2D eigenvalue weighted by Crippen LogP contribution is 2.32. The topological polar surface area (TPSA) is 85.5 Å². The smallest absolute Gasteiger partial charge is 0.290 e. The molecule has 156 valence electrons. The van der Waals surface area contributed by atoms with Crippen molar-refractivity contribution in [3.05, 3.63) is 72.0 Å². The predicted molar refractivity (Wildman–Crippen MR) is 115 cm³/mol. The molecule has 2 aromatic carbocycles. The zero-order valence-corrected chi connectivity index (χ0v) is 17.3. The highest BCUT2D eigenvalue weighted by atomic mass is 16.4. The van der Waals surface area contributed by atoms with E-state index >= 15 is 0 Å². The van der Waals surface area contributed by atoms with E-state index in [1.165, 1.54) is 0 Å². The van der Waals surface area contributed by atoms with Gasteiger partial charge in [0.15, 0.2) is 11.5 Å². The summed E-state index contributed by atoms with van der Waals surface area (Å²) >= 11 is 0. The maximum Gasteiger partial charge on any atom is 0.290 e. The molecule has 0 aliphatic heterocycles. The molecule has 7 heteroatoms. The number of furan rings is 2. The fourth-order valence-corrected chi connectivity index (χ4v) is 3.80. The van der Waals surface area contributed by atoms with Gasteiger partial charge in [-0.2, -0.15) is 0 Å². The average Bonchev–Trinajstić information content (AvgIpc) is 3.53. The van der Waals surface area contributed by atoms with Crippen LogP contribution in [-0.4, -0.2) is 27.5 Å². The number of nitrogens with zero attached hydrogens (tertiary/aromatic N) is 3. The van der Waals surface area contributed by atoms with Crippen molar-refractivity contribution in [3.63, 3.8) is 0 Å². The second kappa shape index (κ2) is 7.75. The van der Waals surface area contributed by atoms with Gasteiger partial charge in [-0.3, -0.25) is 4.79 Å². The van der Waals surface area contributed by atoms with E-state index in [2.05, 4.69) is 10.2 Å². The highest BCUT2D eigenvalue weighted by molar-refractivity contribution is 6.08. The molecule has 5 rings (SSSR count). The van der Waals surface area contributed by atoms with Crippen LogP contribution in [0.3, 0.4) is 0 Å². The number of benzene rings is 2. The van der Waals surface area contributed by atoms with Crippen LogP contribution < -0.4 is 0 Å². The predicted octanol–water partition coefficient (Wildman–Crippen LogP) is 5.59. The molecule has 3 aromatic heterocycles. The Kier molecular flexibility index (Phi) is 4.78. The molecule has 31 heavy (non-hydrogen) atoms. The molecule has 1 amide bonds. The van der Waals surface area contributed by atoms with Crippen molar-refractivity contribution in [2.75, 3.05) is 6.54 Å². The number of aromatic nitrogens is 2. The zero-order chi connectivity index (χ0) is 21.4. The third-order valence-corrected chi connectivity index (χ3v) is 5.33. The number of hydrogen-bond donors (Lipinski definition) is 0. The minimum atomic E-state index is -0.197. The van der Waals surface area contributed by atoms with Crippen LogP contribution in [0, 0.1) is 6.92 Å². The third kappa shape index (κ3) is 3.38. The average molecular weight is 415 g/mol. The molecule has 0 radical (unpaired) electrons. The number of amides is 1. The van der Waals surface area contributed by atoms with Gasteiger partial charge >= 0.3 is 0 Å². The molecule has 0 unspecified atom stereocenters. The number of rotatable bonds is 6. The van der Waals surface area contributed by atoms with Gasteiger partial charge in [0.25, 0.3) is 11.8 Å². The fourth-order valence-electron chi connectivity index (χ4n) is 3.80. The van der Waals surface area contributed by atoms with Crippen molar-refractivity contribution in [1.82, 2.24) is 15.1 Å². The number of aryl methyl sites for hydroxylation is 1. The van der Waals surface area contributed by atoms with E-state index in [9.17, 15) is 4.79 Å². The molecule has 0 spiro atoms. The normalized spacial score (nSPS) is 11.4. The summed E-state index contributed by atoms with van der Waals surface area (Å²) in [6, 6.07) is 15.5. The van der Waals surface area contributed by atoms with E-state index < -0.39 is 0 Å². The highest BCUT2D eigenvalue weighted by Gasteiger charge is 2.25. The molecule has 7 nitrogen and oxygen atoms in total. The van der Waals surface area contributed by atoms with Crippen LogP contribution in [0.1, 0.15) is 35.4 Å². The van der Waals surface area contributed by atoms with Gasteiger partial charge in [0.05, 0.1) is 12.8 Å². The minimum Gasteiger partial charge on any atom is -0.459 e. The van der Waals surface area contributed by atoms with Gasteiger partial charge in [0, 0.05) is 22.9 Å². The lowest BCUT2D eigenvalue weighted by Gasteiger charge is -2.19. The van der Waals surface area contributed by atoms with Crippen molar-refractivity contribution < 1.29 is 18.0 Å². The van der Waals surface area contributed by atoms with Crippen LogP contribution in [-0.2, 0) is 6.54 Å². The number of carbonyl (C=O) groups is 1. The lowest BCUT2D eigenvalue weighted by atomic mass is 10.1. The minimum absolute atomic E-state index is 0.192. The zero-order valence-electron chi connectivity index (χ0n) is 17.3. The third-order valence-electron chi connectivity index (χ3n) is 5.33. The van der Waals surface area contributed by atoms with Crippen LogP contribution in [0.4, 0.5) is 0 Å². The Morgan fingerprint density at radius 3 is 2.68 bits per heavy atom. The van der Waals surface area contributed by atoms with Crippen molar-refractivity contribution in [1.29, 1.82) is 0 Å². The largest absolute Gasteiger partial charge is 0.459 e. The summed E-state index contributed by atoms with van der Waals surface area (Å²) < 4.78 is 17.1. The first-order valence-corrected chi connectivity index (χ1v) is 10.2. The molecule has 0 aliphatic rings. The van der Waals surface area contributed by atoms with Gasteiger partial charge < -0.3 is 18.2 Å². The Balaban J connectivity index is 1.48. The molecule has 0 bridgehead atoms. The van der Waals surface area contributed by atoms with Crippen molar-refractivity contribution in [2.24, 2.45) is 0 Å². The van der Waals surface area contributed by atoms with Crippen LogP contribution >= 0.6 is 0 Å². The second-order valence-corrected chi connectivity index (χ2v) is 7.42. The maximum absolute atomic E-state index is 13.4. The Morgan fingerprint density at radius 1 is 1.00 bits per heavy atom. The van der Waals surface area contributed by atoms with Crippen molar-refractivity contribution in [3.8, 4) is 11.7 Å². The van der Waals surface area contributed by atoms with E-state index in [1.807, 2.05) is 50.2 Å². The Bertz CT molecular complexity index is 1360. The monoisotopic (exact) mass is 415 g/mol. The Morgan fingerprint density at radius 2 is 1.87 bits per heavy atom. The van der Waals surface area contributed by atoms with Crippen LogP contribution in [0.25, 0.3) is 33.4 Å². The first-order chi connectivity index (χ1) is 15.2. The summed E-state index contributed by atoms with van der Waals surface area (Å²) in [5.41, 5.74) is 1.56. The van der Waals surface area contributed by atoms with E-state index in [0.717, 1.165) is 33.7 Å². The summed E-state index contributed by atoms with van der Waals surface area (Å²) in [4.78, 5) is 15.1. The molecule has 0 saturated heterocycles. The summed E-state index contributed by atoms with van der Waals surface area (Å²) in [7, 11) is 0. The first-order valence-electron chi connectivity index (χ1n) is 10.2. The van der Waals surface area contributed by atoms with Crippen LogP contribution in [0.15, 0.2) is 68.0 Å². The van der Waals surface area contributed by atoms with E-state index in [4.69, 9.17) is 13.3 Å². The molecule has 0 saturated carbocycles. The quantitative estimate of drug-likeness (QED) is 0.359. The molecule has 0 aliphatic carbocycles. The van der Waals surface area contributed by atoms with E-state index in [0.29, 0.717) is 24.0 Å². The van der Waals surface area contributed by atoms with E-state index in [-0.39, 0.29) is 18.3 Å². The summed E-state index contributed by atoms with van der Waals surface area (Å²) in [5, 5.41) is 11.1. The van der Waals surface area contributed by atoms with E-state index in [1.54, 1.807) is 23.3 Å². The van der Waals surface area contributed by atoms with Gasteiger partial charge in [0.2, 0.25) is 5.89 Å². The number of carbonyl (C=O) groups excluding carboxylic acids is 1. The SMILES string of the molecule is CCCN(Cc1nnc(-c2ccco2)o1)C(=O)c1oc2c(ccc3ccccc32)c1C. The molecule has 5 aromatic rings. The first kappa shape index (κ1) is 19.1. The van der Waals surface area contributed by atoms with Gasteiger partial charge in [-0.05, 0) is 30.9 Å². The summed E-state index contributed by atoms with van der Waals surface area (Å²) in [6.07, 6.45) is 2.33. The Labute approximate surface area is 178 Å². The van der Waals surface area contributed by atoms with Gasteiger partial charge in [-0.15, -0.1) is 10.2 Å². The lowest BCUT2D eigenvalue weighted by Crippen LogP contribution is -2.31. The van der Waals surface area contributed by atoms with Crippen molar-refractivity contribution >= 4 is 27.6 Å². The molecular formula is C24H21N3O4. The molecular weight excluding hydrogens is 394 g/mol. The lowest BCUT2D eigenvalue weighted by molar-refractivity contribution is 0.0698. The van der Waals surface area contributed by atoms with Gasteiger partial charge in [0.1, 0.15) is 5.58 Å². The standard InChI is InChI=1S/C24H21N3O4/c1-3-12-27(14-20-25-26-23(30-20)19-9-6-13-29-19)24(28)21-15(2)17-11-10-16-7-4-5-8-18(16)22(17)31-21/h4-11,13H,3,12,14H2,1-2H3. The molecule has 0 atom stereocenters. The van der Waals surface area contributed by atoms with Crippen LogP contribution in [0.5, 0.6) is 0 Å². The second-order valence-electron chi connectivity index (χ2n) is 7.42. The molecule has 0 N–H and O–H groups in total. The molecule has 3 heterocycles. The number of hydrogen-bond acceptors (Lipinski definition) is 6. The number of fused-ring (bicyclic) bond motifs is 3. The summed E-state index contributed by atoms with van der Waals surface area (Å²) in [5.74, 6) is 1.26. The molecule has 0 fully saturated rings. The van der Waals surface area contributed by atoms with Gasteiger partial charge in [-0.1, -0.05) is 43.3 Å². The maximum atomic E-state index is 13.4. The van der Waals surface area contributed by atoms with Crippen molar-refractivity contribution in [2.45, 2.75) is 26.8 Å².